The van der Waals surface area contributed by atoms with Gasteiger partial charge in [0.25, 0.3) is 0 Å². The van der Waals surface area contributed by atoms with E-state index in [1.54, 1.807) is 11.3 Å². The van der Waals surface area contributed by atoms with E-state index in [2.05, 4.69) is 63.9 Å². The first-order chi connectivity index (χ1) is 9.76. The molecule has 1 aliphatic heterocycles. The predicted molar refractivity (Wildman–Crippen MR) is 89.3 cm³/mol. The van der Waals surface area contributed by atoms with Crippen molar-refractivity contribution in [3.8, 4) is 0 Å². The minimum absolute atomic E-state index is 0.0409. The highest BCUT2D eigenvalue weighted by Crippen LogP contribution is 2.36. The van der Waals surface area contributed by atoms with Crippen LogP contribution in [-0.4, -0.2) is 23.4 Å². The molecule has 118 valence electrons. The van der Waals surface area contributed by atoms with Gasteiger partial charge in [0.05, 0.1) is 6.04 Å². The monoisotopic (exact) mass is 308 g/mol. The van der Waals surface area contributed by atoms with Gasteiger partial charge in [-0.2, -0.15) is 0 Å². The molecule has 3 nitrogen and oxygen atoms in total. The quantitative estimate of drug-likeness (QED) is 0.893. The number of thiophene rings is 1. The first-order valence-electron chi connectivity index (χ1n) is 7.89. The molecule has 4 heteroatoms. The average Bonchev–Trinajstić information content (AvgIpc) is 2.95. The highest BCUT2D eigenvalue weighted by atomic mass is 32.1. The number of nitrogens with one attached hydrogen (secondary N) is 1. The maximum atomic E-state index is 12.7. The van der Waals surface area contributed by atoms with E-state index in [0.717, 1.165) is 13.0 Å². The Hall–Kier alpha value is -0.870. The van der Waals surface area contributed by atoms with Crippen molar-refractivity contribution >= 4 is 17.2 Å². The number of hydrogen-bond acceptors (Lipinski definition) is 3. The molecule has 21 heavy (non-hydrogen) atoms. The molecule has 0 saturated carbocycles. The molecule has 0 spiro atoms. The van der Waals surface area contributed by atoms with E-state index in [-0.39, 0.29) is 23.5 Å². The minimum atomic E-state index is -0.0413. The van der Waals surface area contributed by atoms with Crippen molar-refractivity contribution in [1.82, 2.24) is 10.2 Å². The van der Waals surface area contributed by atoms with Gasteiger partial charge in [0.2, 0.25) is 5.91 Å². The number of hydrogen-bond donors (Lipinski definition) is 1. The van der Waals surface area contributed by atoms with Gasteiger partial charge >= 0.3 is 0 Å². The Bertz CT molecular complexity index is 507. The Morgan fingerprint density at radius 3 is 2.52 bits per heavy atom. The van der Waals surface area contributed by atoms with Gasteiger partial charge in [-0.05, 0) is 36.8 Å². The van der Waals surface area contributed by atoms with Crippen molar-refractivity contribution in [1.29, 1.82) is 0 Å². The zero-order valence-corrected chi connectivity index (χ0v) is 14.9. The van der Waals surface area contributed by atoms with E-state index in [0.29, 0.717) is 5.92 Å². The maximum absolute atomic E-state index is 12.7. The Kier molecular flexibility index (Phi) is 4.79. The summed E-state index contributed by atoms with van der Waals surface area (Å²) in [5, 5.41) is 3.52. The van der Waals surface area contributed by atoms with Crippen LogP contribution in [0.15, 0.2) is 12.1 Å². The van der Waals surface area contributed by atoms with Crippen LogP contribution in [0, 0.1) is 18.3 Å². The molecule has 1 fully saturated rings. The average molecular weight is 308 g/mol. The van der Waals surface area contributed by atoms with Gasteiger partial charge in [-0.3, -0.25) is 10.1 Å². The molecular weight excluding hydrogens is 280 g/mol. The fourth-order valence-corrected chi connectivity index (χ4v) is 3.55. The highest BCUT2D eigenvalue weighted by Gasteiger charge is 2.42. The van der Waals surface area contributed by atoms with Crippen LogP contribution in [0.1, 0.15) is 57.0 Å². The summed E-state index contributed by atoms with van der Waals surface area (Å²) in [5.74, 6) is 0.791. The zero-order valence-electron chi connectivity index (χ0n) is 14.1. The van der Waals surface area contributed by atoms with E-state index >= 15 is 0 Å². The number of aryl methyl sites for hydroxylation is 1. The fourth-order valence-electron chi connectivity index (χ4n) is 2.60. The number of nitrogens with zero attached hydrogens (tertiary/aromatic N) is 1. The van der Waals surface area contributed by atoms with Crippen LogP contribution in [0.4, 0.5) is 0 Å². The van der Waals surface area contributed by atoms with Gasteiger partial charge in [-0.1, -0.05) is 34.6 Å². The van der Waals surface area contributed by atoms with Crippen molar-refractivity contribution in [3.05, 3.63) is 21.9 Å². The van der Waals surface area contributed by atoms with E-state index in [1.807, 2.05) is 0 Å². The summed E-state index contributed by atoms with van der Waals surface area (Å²) in [6, 6.07) is 4.25. The normalized spacial score (nSPS) is 23.4. The lowest BCUT2D eigenvalue weighted by atomic mass is 9.80. The van der Waals surface area contributed by atoms with E-state index < -0.39 is 0 Å². The summed E-state index contributed by atoms with van der Waals surface area (Å²) in [6.07, 6.45) is 0.886. The van der Waals surface area contributed by atoms with E-state index in [9.17, 15) is 4.79 Å². The van der Waals surface area contributed by atoms with Gasteiger partial charge in [0.15, 0.2) is 0 Å². The smallest absolute Gasteiger partial charge is 0.241 e. The largest absolute Gasteiger partial charge is 0.320 e. The Morgan fingerprint density at radius 2 is 2.05 bits per heavy atom. The molecular formula is C17H28N2OS. The number of amides is 1. The van der Waals surface area contributed by atoms with Crippen molar-refractivity contribution < 1.29 is 4.79 Å². The molecule has 2 heterocycles. The molecule has 0 bridgehead atoms. The molecule has 0 radical (unpaired) electrons. The number of carbonyl (C=O) groups excluding carboxylic acids is 1. The first kappa shape index (κ1) is 16.5. The molecule has 1 amide bonds. The van der Waals surface area contributed by atoms with Crippen LogP contribution in [-0.2, 0) is 4.79 Å². The summed E-state index contributed by atoms with van der Waals surface area (Å²) in [5.41, 5.74) is 0.116. The van der Waals surface area contributed by atoms with Crippen molar-refractivity contribution in [2.24, 2.45) is 11.3 Å². The highest BCUT2D eigenvalue weighted by molar-refractivity contribution is 7.12. The molecule has 2 rings (SSSR count). The molecule has 1 N–H and O–H groups in total. The van der Waals surface area contributed by atoms with Crippen molar-refractivity contribution in [3.63, 3.8) is 0 Å². The molecule has 1 saturated heterocycles. The predicted octanol–water partition coefficient (Wildman–Crippen LogP) is 3.95. The summed E-state index contributed by atoms with van der Waals surface area (Å²) < 4.78 is 0. The van der Waals surface area contributed by atoms with Gasteiger partial charge in [-0.15, -0.1) is 11.3 Å². The van der Waals surface area contributed by atoms with Gasteiger partial charge in [0, 0.05) is 16.3 Å². The van der Waals surface area contributed by atoms with Gasteiger partial charge in [0.1, 0.15) is 6.17 Å². The SMILES string of the molecule is CCC1NC(c2ccc(C)s2)N(CC(C)(C)C(C)C)C1=O. The standard InChI is InChI=1S/C17H28N2OS/c1-7-13-16(20)19(10-17(5,6)11(2)3)15(18-13)14-9-8-12(4)21-14/h8-9,11,13,15,18H,7,10H2,1-6H3. The summed E-state index contributed by atoms with van der Waals surface area (Å²) in [4.78, 5) is 17.3. The maximum Gasteiger partial charge on any atom is 0.241 e. The number of rotatable bonds is 5. The molecule has 0 aliphatic carbocycles. The van der Waals surface area contributed by atoms with E-state index in [1.165, 1.54) is 9.75 Å². The van der Waals surface area contributed by atoms with Crippen LogP contribution in [0.5, 0.6) is 0 Å². The second kappa shape index (κ2) is 6.09. The molecule has 1 aromatic heterocycles. The Morgan fingerprint density at radius 1 is 1.38 bits per heavy atom. The summed E-state index contributed by atoms with van der Waals surface area (Å²) >= 11 is 1.78. The second-order valence-corrected chi connectivity index (χ2v) is 8.41. The Labute approximate surface area is 132 Å². The van der Waals surface area contributed by atoms with Crippen LogP contribution in [0.2, 0.25) is 0 Å². The van der Waals surface area contributed by atoms with Crippen LogP contribution in [0.25, 0.3) is 0 Å². The molecule has 0 aromatic carbocycles. The third-order valence-corrected chi connectivity index (χ3v) is 5.88. The lowest BCUT2D eigenvalue weighted by Crippen LogP contribution is -2.40. The van der Waals surface area contributed by atoms with E-state index in [4.69, 9.17) is 0 Å². The van der Waals surface area contributed by atoms with Crippen LogP contribution < -0.4 is 5.32 Å². The molecule has 1 aromatic rings. The third-order valence-electron chi connectivity index (χ3n) is 4.83. The van der Waals surface area contributed by atoms with Crippen molar-refractivity contribution in [2.45, 2.75) is 60.2 Å². The summed E-state index contributed by atoms with van der Waals surface area (Å²) in [6.45, 7) is 14.0. The molecule has 1 aliphatic rings. The third kappa shape index (κ3) is 3.32. The zero-order chi connectivity index (χ0) is 15.8. The van der Waals surface area contributed by atoms with Crippen LogP contribution in [0.3, 0.4) is 0 Å². The van der Waals surface area contributed by atoms with Gasteiger partial charge in [-0.25, -0.2) is 0 Å². The summed E-state index contributed by atoms with van der Waals surface area (Å²) in [7, 11) is 0. The van der Waals surface area contributed by atoms with Crippen molar-refractivity contribution in [2.75, 3.05) is 6.54 Å². The topological polar surface area (TPSA) is 32.3 Å². The fraction of sp³-hybridized carbons (Fsp3) is 0.706. The van der Waals surface area contributed by atoms with Crippen LogP contribution >= 0.6 is 11.3 Å². The Balaban J connectivity index is 2.27. The first-order valence-corrected chi connectivity index (χ1v) is 8.70. The second-order valence-electron chi connectivity index (χ2n) is 7.09. The molecule has 2 unspecified atom stereocenters. The number of carbonyl (C=O) groups is 1. The van der Waals surface area contributed by atoms with Gasteiger partial charge < -0.3 is 4.90 Å². The lowest BCUT2D eigenvalue weighted by Gasteiger charge is -2.36. The minimum Gasteiger partial charge on any atom is -0.320 e. The lowest BCUT2D eigenvalue weighted by molar-refractivity contribution is -0.131. The molecule has 2 atom stereocenters.